The highest BCUT2D eigenvalue weighted by Crippen LogP contribution is 2.53. The molecule has 0 bridgehead atoms. The first kappa shape index (κ1) is 12.5. The van der Waals surface area contributed by atoms with Gasteiger partial charge in [0.15, 0.2) is 0 Å². The van der Waals surface area contributed by atoms with Gasteiger partial charge in [-0.3, -0.25) is 0 Å². The summed E-state index contributed by atoms with van der Waals surface area (Å²) in [6.45, 7) is 2.10. The smallest absolute Gasteiger partial charge is 0.317 e. The maximum Gasteiger partial charge on any atom is 0.317 e. The number of hydrogen-bond donors (Lipinski definition) is 1. The summed E-state index contributed by atoms with van der Waals surface area (Å²) in [5.41, 5.74) is 1.38. The normalized spacial score (nSPS) is 20.4. The number of carbonyl (C=O) groups is 1. The van der Waals surface area contributed by atoms with Gasteiger partial charge in [-0.1, -0.05) is 12.1 Å². The van der Waals surface area contributed by atoms with Crippen LogP contribution in [0.1, 0.15) is 31.2 Å². The van der Waals surface area contributed by atoms with E-state index in [1.807, 2.05) is 11.0 Å². The first-order valence-corrected chi connectivity index (χ1v) is 6.94. The minimum atomic E-state index is -0.264. The second-order valence-corrected chi connectivity index (χ2v) is 5.78. The third kappa shape index (κ3) is 2.88. The van der Waals surface area contributed by atoms with Gasteiger partial charge in [0.25, 0.3) is 0 Å². The van der Waals surface area contributed by atoms with Crippen LogP contribution in [-0.2, 0) is 6.54 Å². The number of rotatable bonds is 2. The number of halogens is 1. The molecule has 0 unspecified atom stereocenters. The van der Waals surface area contributed by atoms with Crippen molar-refractivity contribution < 1.29 is 9.18 Å². The standard InChI is InChI=1S/C15H19FN2O/c16-13-3-1-2-12(10-13)11-17-14(19)18-8-6-15(4-5-15)7-9-18/h1-3,10H,4-9,11H2,(H,17,19). The van der Waals surface area contributed by atoms with Crippen molar-refractivity contribution in [1.82, 2.24) is 10.2 Å². The third-order valence-electron chi connectivity index (χ3n) is 4.40. The second kappa shape index (κ2) is 4.83. The molecular formula is C15H19FN2O. The largest absolute Gasteiger partial charge is 0.334 e. The van der Waals surface area contributed by atoms with Crippen LogP contribution in [0.15, 0.2) is 24.3 Å². The highest BCUT2D eigenvalue weighted by Gasteiger charge is 2.45. The van der Waals surface area contributed by atoms with Gasteiger partial charge in [-0.25, -0.2) is 9.18 Å². The summed E-state index contributed by atoms with van der Waals surface area (Å²) in [4.78, 5) is 13.9. The van der Waals surface area contributed by atoms with E-state index in [4.69, 9.17) is 0 Å². The number of benzene rings is 1. The summed E-state index contributed by atoms with van der Waals surface area (Å²) < 4.78 is 13.0. The number of urea groups is 1. The van der Waals surface area contributed by atoms with Crippen LogP contribution in [0.25, 0.3) is 0 Å². The predicted octanol–water partition coefficient (Wildman–Crippen LogP) is 2.91. The zero-order valence-electron chi connectivity index (χ0n) is 11.0. The van der Waals surface area contributed by atoms with Gasteiger partial charge in [0, 0.05) is 19.6 Å². The van der Waals surface area contributed by atoms with Crippen molar-refractivity contribution in [3.8, 4) is 0 Å². The van der Waals surface area contributed by atoms with Crippen molar-refractivity contribution in [2.75, 3.05) is 13.1 Å². The van der Waals surface area contributed by atoms with Gasteiger partial charge in [0.2, 0.25) is 0 Å². The van der Waals surface area contributed by atoms with E-state index in [0.29, 0.717) is 12.0 Å². The SMILES string of the molecule is O=C(NCc1cccc(F)c1)N1CCC2(CC1)CC2. The third-order valence-corrected chi connectivity index (χ3v) is 4.40. The van der Waals surface area contributed by atoms with Gasteiger partial charge >= 0.3 is 6.03 Å². The summed E-state index contributed by atoms with van der Waals surface area (Å²) in [5, 5.41) is 2.86. The molecule has 2 amide bonds. The molecule has 1 heterocycles. The average molecular weight is 262 g/mol. The molecule has 2 aliphatic rings. The molecule has 1 aromatic carbocycles. The summed E-state index contributed by atoms with van der Waals surface area (Å²) >= 11 is 0. The van der Waals surface area contributed by atoms with Crippen molar-refractivity contribution in [3.05, 3.63) is 35.6 Å². The molecule has 1 aromatic rings. The number of likely N-dealkylation sites (tertiary alicyclic amines) is 1. The van der Waals surface area contributed by atoms with Crippen LogP contribution in [0.4, 0.5) is 9.18 Å². The molecule has 0 atom stereocenters. The van der Waals surface area contributed by atoms with Gasteiger partial charge in [0.1, 0.15) is 5.82 Å². The maximum absolute atomic E-state index is 13.0. The molecule has 1 aliphatic heterocycles. The Morgan fingerprint density at radius 2 is 2.00 bits per heavy atom. The van der Waals surface area contributed by atoms with Crippen LogP contribution in [0.2, 0.25) is 0 Å². The molecule has 4 heteroatoms. The Labute approximate surface area is 112 Å². The topological polar surface area (TPSA) is 32.3 Å². The lowest BCUT2D eigenvalue weighted by Gasteiger charge is -2.32. The molecular weight excluding hydrogens is 243 g/mol. The van der Waals surface area contributed by atoms with Crippen molar-refractivity contribution in [2.24, 2.45) is 5.41 Å². The molecule has 1 N–H and O–H groups in total. The van der Waals surface area contributed by atoms with Crippen LogP contribution >= 0.6 is 0 Å². The Bertz CT molecular complexity index is 475. The molecule has 3 rings (SSSR count). The lowest BCUT2D eigenvalue weighted by atomic mass is 9.94. The predicted molar refractivity (Wildman–Crippen MR) is 71.1 cm³/mol. The zero-order valence-corrected chi connectivity index (χ0v) is 11.0. The number of carbonyl (C=O) groups excluding carboxylic acids is 1. The van der Waals surface area contributed by atoms with Gasteiger partial charge in [-0.2, -0.15) is 0 Å². The molecule has 1 saturated heterocycles. The molecule has 0 radical (unpaired) electrons. The first-order valence-electron chi connectivity index (χ1n) is 6.94. The minimum Gasteiger partial charge on any atom is -0.334 e. The fourth-order valence-corrected chi connectivity index (χ4v) is 2.80. The maximum atomic E-state index is 13.0. The molecule has 0 aromatic heterocycles. The fourth-order valence-electron chi connectivity index (χ4n) is 2.80. The van der Waals surface area contributed by atoms with Crippen LogP contribution in [-0.4, -0.2) is 24.0 Å². The van der Waals surface area contributed by atoms with Crippen LogP contribution in [0.5, 0.6) is 0 Å². The molecule has 2 fully saturated rings. The highest BCUT2D eigenvalue weighted by molar-refractivity contribution is 5.74. The second-order valence-electron chi connectivity index (χ2n) is 5.78. The van der Waals surface area contributed by atoms with E-state index < -0.39 is 0 Å². The van der Waals surface area contributed by atoms with E-state index in [0.717, 1.165) is 31.5 Å². The van der Waals surface area contributed by atoms with E-state index in [9.17, 15) is 9.18 Å². The minimum absolute atomic E-state index is 0.0280. The van der Waals surface area contributed by atoms with Crippen molar-refractivity contribution in [1.29, 1.82) is 0 Å². The van der Waals surface area contributed by atoms with Crippen LogP contribution < -0.4 is 5.32 Å². The highest BCUT2D eigenvalue weighted by atomic mass is 19.1. The summed E-state index contributed by atoms with van der Waals surface area (Å²) in [6, 6.07) is 6.31. The molecule has 19 heavy (non-hydrogen) atoms. The number of nitrogens with one attached hydrogen (secondary N) is 1. The van der Waals surface area contributed by atoms with Crippen molar-refractivity contribution in [3.63, 3.8) is 0 Å². The number of amides is 2. The molecule has 1 spiro atoms. The van der Waals surface area contributed by atoms with Gasteiger partial charge in [0.05, 0.1) is 0 Å². The summed E-state index contributed by atoms with van der Waals surface area (Å²) in [7, 11) is 0. The zero-order chi connectivity index (χ0) is 13.3. The quantitative estimate of drug-likeness (QED) is 0.873. The number of nitrogens with zero attached hydrogens (tertiary/aromatic N) is 1. The van der Waals surface area contributed by atoms with E-state index in [1.165, 1.54) is 25.0 Å². The lowest BCUT2D eigenvalue weighted by Crippen LogP contribution is -2.44. The monoisotopic (exact) mass is 262 g/mol. The number of piperidine rings is 1. The van der Waals surface area contributed by atoms with Crippen LogP contribution in [0, 0.1) is 11.2 Å². The Hall–Kier alpha value is -1.58. The van der Waals surface area contributed by atoms with Gasteiger partial charge < -0.3 is 10.2 Å². The van der Waals surface area contributed by atoms with Crippen molar-refractivity contribution >= 4 is 6.03 Å². The Kier molecular flexibility index (Phi) is 3.17. The first-order chi connectivity index (χ1) is 9.17. The van der Waals surface area contributed by atoms with Crippen molar-refractivity contribution in [2.45, 2.75) is 32.2 Å². The van der Waals surface area contributed by atoms with Gasteiger partial charge in [-0.15, -0.1) is 0 Å². The van der Waals surface area contributed by atoms with E-state index in [-0.39, 0.29) is 11.8 Å². The van der Waals surface area contributed by atoms with E-state index in [1.54, 1.807) is 6.07 Å². The fraction of sp³-hybridized carbons (Fsp3) is 0.533. The van der Waals surface area contributed by atoms with E-state index in [2.05, 4.69) is 5.32 Å². The number of hydrogen-bond acceptors (Lipinski definition) is 1. The molecule has 1 aliphatic carbocycles. The Balaban J connectivity index is 1.48. The molecule has 102 valence electrons. The van der Waals surface area contributed by atoms with Gasteiger partial charge in [-0.05, 0) is 48.8 Å². The lowest BCUT2D eigenvalue weighted by molar-refractivity contribution is 0.164. The van der Waals surface area contributed by atoms with E-state index >= 15 is 0 Å². The summed E-state index contributed by atoms with van der Waals surface area (Å²) in [5.74, 6) is -0.264. The average Bonchev–Trinajstić information content (AvgIpc) is 3.16. The Morgan fingerprint density at radius 3 is 2.63 bits per heavy atom. The summed E-state index contributed by atoms with van der Waals surface area (Å²) in [6.07, 6.45) is 4.96. The van der Waals surface area contributed by atoms with Crippen LogP contribution in [0.3, 0.4) is 0 Å². The Morgan fingerprint density at radius 1 is 1.26 bits per heavy atom. The molecule has 3 nitrogen and oxygen atoms in total. The molecule has 1 saturated carbocycles.